The van der Waals surface area contributed by atoms with E-state index in [-0.39, 0.29) is 25.3 Å². The van der Waals surface area contributed by atoms with Gasteiger partial charge in [0.25, 0.3) is 0 Å². The maximum Gasteiger partial charge on any atom is 0.147 e. The highest BCUT2D eigenvalue weighted by Crippen LogP contribution is 2.20. The molecule has 1 aromatic carbocycles. The van der Waals surface area contributed by atoms with Crippen molar-refractivity contribution in [1.29, 1.82) is 0 Å². The molecule has 0 N–H and O–H groups in total. The molecule has 16 heavy (non-hydrogen) atoms. The van der Waals surface area contributed by atoms with Crippen LogP contribution in [-0.4, -0.2) is 26.1 Å². The van der Waals surface area contributed by atoms with Gasteiger partial charge in [-0.15, -0.1) is 0 Å². The van der Waals surface area contributed by atoms with E-state index in [2.05, 4.69) is 0 Å². The van der Waals surface area contributed by atoms with Gasteiger partial charge in [-0.3, -0.25) is 0 Å². The second kappa shape index (κ2) is 5.25. The fraction of sp³-hybridized carbons (Fsp3) is 0.455. The molecule has 4 nitrogen and oxygen atoms in total. The van der Waals surface area contributed by atoms with Crippen LogP contribution >= 0.6 is 0 Å². The zero-order chi connectivity index (χ0) is 11.4. The minimum absolute atomic E-state index is 0.150. The van der Waals surface area contributed by atoms with Crippen LogP contribution in [-0.2, 0) is 21.2 Å². The second-order valence-corrected chi connectivity index (χ2v) is 3.48. The van der Waals surface area contributed by atoms with Crippen LogP contribution in [0.15, 0.2) is 18.2 Å². The summed E-state index contributed by atoms with van der Waals surface area (Å²) in [6.45, 7) is 0.543. The molecule has 0 saturated carbocycles. The lowest BCUT2D eigenvalue weighted by atomic mass is 10.2. The smallest absolute Gasteiger partial charge is 0.147 e. The Bertz CT molecular complexity index is 350. The quantitative estimate of drug-likeness (QED) is 0.783. The molecule has 1 aliphatic heterocycles. The minimum atomic E-state index is -0.433. The van der Waals surface area contributed by atoms with E-state index in [1.165, 1.54) is 18.2 Å². The molecule has 0 aliphatic carbocycles. The van der Waals surface area contributed by atoms with Gasteiger partial charge in [0, 0.05) is 11.6 Å². The van der Waals surface area contributed by atoms with E-state index in [9.17, 15) is 9.50 Å². The molecule has 1 fully saturated rings. The summed E-state index contributed by atoms with van der Waals surface area (Å²) in [5.41, 5.74) is 0.445. The fourth-order valence-electron chi connectivity index (χ4n) is 1.43. The summed E-state index contributed by atoms with van der Waals surface area (Å²) in [4.78, 5) is 0. The highest BCUT2D eigenvalue weighted by atomic mass is 19.1. The molecule has 1 atom stereocenters. The van der Waals surface area contributed by atoms with Gasteiger partial charge in [0.05, 0.1) is 6.61 Å². The Morgan fingerprint density at radius 3 is 3.06 bits per heavy atom. The van der Waals surface area contributed by atoms with Gasteiger partial charge < -0.3 is 14.2 Å². The second-order valence-electron chi connectivity index (χ2n) is 3.48. The van der Waals surface area contributed by atoms with E-state index >= 15 is 0 Å². The Balaban J connectivity index is 1.98. The van der Waals surface area contributed by atoms with Gasteiger partial charge in [-0.2, -0.15) is 0 Å². The van der Waals surface area contributed by atoms with E-state index in [4.69, 9.17) is 14.2 Å². The molecule has 1 unspecified atom stereocenters. The molecule has 1 aliphatic rings. The summed E-state index contributed by atoms with van der Waals surface area (Å²) in [7, 11) is 0. The van der Waals surface area contributed by atoms with E-state index in [0.29, 0.717) is 12.2 Å². The predicted octanol–water partition coefficient (Wildman–Crippen LogP) is 1.51. The summed E-state index contributed by atoms with van der Waals surface area (Å²) in [5, 5.41) is 10.8. The van der Waals surface area contributed by atoms with Crippen LogP contribution in [0.4, 0.5) is 4.39 Å². The normalized spacial score (nSPS) is 20.0. The third-order valence-electron chi connectivity index (χ3n) is 2.30. The Labute approximate surface area is 92.6 Å². The highest BCUT2D eigenvalue weighted by Gasteiger charge is 2.17. The van der Waals surface area contributed by atoms with Gasteiger partial charge in [-0.05, 0) is 12.1 Å². The van der Waals surface area contributed by atoms with Crippen molar-refractivity contribution in [2.45, 2.75) is 12.7 Å². The number of hydrogen-bond acceptors (Lipinski definition) is 3. The molecule has 87 valence electrons. The van der Waals surface area contributed by atoms with Gasteiger partial charge in [-0.1, -0.05) is 0 Å². The molecule has 1 radical (unpaired) electrons. The minimum Gasteiger partial charge on any atom is -0.490 e. The van der Waals surface area contributed by atoms with Gasteiger partial charge in [0.1, 0.15) is 37.7 Å². The van der Waals surface area contributed by atoms with Crippen molar-refractivity contribution in [3.8, 4) is 5.75 Å². The first-order chi connectivity index (χ1) is 7.79. The molecule has 1 heterocycles. The maximum absolute atomic E-state index is 12.9. The Morgan fingerprint density at radius 1 is 1.50 bits per heavy atom. The Hall–Kier alpha value is -1.17. The number of benzene rings is 1. The van der Waals surface area contributed by atoms with Crippen molar-refractivity contribution in [1.82, 2.24) is 0 Å². The van der Waals surface area contributed by atoms with Crippen LogP contribution in [0, 0.1) is 5.82 Å². The first-order valence-corrected chi connectivity index (χ1v) is 4.98. The molecule has 0 spiro atoms. The molecule has 1 aromatic rings. The van der Waals surface area contributed by atoms with Crippen molar-refractivity contribution in [3.05, 3.63) is 29.6 Å². The van der Waals surface area contributed by atoms with Crippen LogP contribution < -0.4 is 4.74 Å². The summed E-state index contributed by atoms with van der Waals surface area (Å²) in [6, 6.07) is 3.89. The number of halogens is 1. The van der Waals surface area contributed by atoms with E-state index in [1.54, 1.807) is 0 Å². The monoisotopic (exact) mass is 227 g/mol. The van der Waals surface area contributed by atoms with Crippen LogP contribution in [0.1, 0.15) is 5.56 Å². The Kier molecular flexibility index (Phi) is 3.71. The van der Waals surface area contributed by atoms with Crippen molar-refractivity contribution in [3.63, 3.8) is 0 Å². The lowest BCUT2D eigenvalue weighted by molar-refractivity contribution is 0.0315. The largest absolute Gasteiger partial charge is 0.490 e. The molecule has 5 heteroatoms. The first-order valence-electron chi connectivity index (χ1n) is 4.98. The Morgan fingerprint density at radius 2 is 2.38 bits per heavy atom. The standard InChI is InChI=1S/C11H12FO4/c12-9-2-1-8(4-13)11(3-9)15-6-10-5-14-7-16-10/h1-3,10H,4-7H2. The van der Waals surface area contributed by atoms with Crippen molar-refractivity contribution >= 4 is 0 Å². The van der Waals surface area contributed by atoms with Crippen molar-refractivity contribution < 1.29 is 23.7 Å². The summed E-state index contributed by atoms with van der Waals surface area (Å²) < 4.78 is 28.4. The van der Waals surface area contributed by atoms with Gasteiger partial charge in [0.15, 0.2) is 0 Å². The third kappa shape index (κ3) is 2.69. The van der Waals surface area contributed by atoms with Crippen LogP contribution in [0.25, 0.3) is 0 Å². The SMILES string of the molecule is [O]Cc1ccc(F)cc1OCC1COCO1. The van der Waals surface area contributed by atoms with Crippen molar-refractivity contribution in [2.24, 2.45) is 0 Å². The number of rotatable bonds is 4. The number of hydrogen-bond donors (Lipinski definition) is 0. The molecular formula is C11H12FO4. The van der Waals surface area contributed by atoms with E-state index < -0.39 is 12.4 Å². The first kappa shape index (κ1) is 11.3. The maximum atomic E-state index is 12.9. The van der Waals surface area contributed by atoms with E-state index in [1.807, 2.05) is 0 Å². The zero-order valence-corrected chi connectivity index (χ0v) is 8.65. The summed E-state index contributed by atoms with van der Waals surface area (Å²) in [6.07, 6.45) is -0.150. The van der Waals surface area contributed by atoms with Crippen LogP contribution in [0.2, 0.25) is 0 Å². The van der Waals surface area contributed by atoms with Crippen LogP contribution in [0.3, 0.4) is 0 Å². The zero-order valence-electron chi connectivity index (χ0n) is 8.65. The predicted molar refractivity (Wildman–Crippen MR) is 52.0 cm³/mol. The average Bonchev–Trinajstić information content (AvgIpc) is 2.79. The average molecular weight is 227 g/mol. The lowest BCUT2D eigenvalue weighted by Crippen LogP contribution is -2.20. The summed E-state index contributed by atoms with van der Waals surface area (Å²) >= 11 is 0. The molecule has 0 bridgehead atoms. The topological polar surface area (TPSA) is 47.6 Å². The van der Waals surface area contributed by atoms with Crippen molar-refractivity contribution in [2.75, 3.05) is 20.0 Å². The third-order valence-corrected chi connectivity index (χ3v) is 2.30. The molecule has 1 saturated heterocycles. The molecular weight excluding hydrogens is 215 g/mol. The number of ether oxygens (including phenoxy) is 3. The fourth-order valence-corrected chi connectivity index (χ4v) is 1.43. The van der Waals surface area contributed by atoms with Gasteiger partial charge in [0.2, 0.25) is 0 Å². The van der Waals surface area contributed by atoms with Gasteiger partial charge >= 0.3 is 0 Å². The summed E-state index contributed by atoms with van der Waals surface area (Å²) in [5.74, 6) is -0.138. The highest BCUT2D eigenvalue weighted by molar-refractivity contribution is 5.33. The lowest BCUT2D eigenvalue weighted by Gasteiger charge is -2.12. The molecule has 2 rings (SSSR count). The van der Waals surface area contributed by atoms with Crippen LogP contribution in [0.5, 0.6) is 5.75 Å². The molecule has 0 aromatic heterocycles. The van der Waals surface area contributed by atoms with Gasteiger partial charge in [-0.25, -0.2) is 9.50 Å². The molecule has 0 amide bonds. The van der Waals surface area contributed by atoms with E-state index in [0.717, 1.165) is 0 Å².